The van der Waals surface area contributed by atoms with Crippen LogP contribution in [0, 0.1) is 0 Å². The molecule has 1 nitrogen and oxygen atoms in total. The molecule has 27 heavy (non-hydrogen) atoms. The van der Waals surface area contributed by atoms with Crippen molar-refractivity contribution in [3.63, 3.8) is 0 Å². The molecule has 4 aromatic carbocycles. The van der Waals surface area contributed by atoms with E-state index in [1.807, 2.05) is 23.5 Å². The van der Waals surface area contributed by atoms with Crippen molar-refractivity contribution in [1.82, 2.24) is 4.98 Å². The number of aromatic nitrogens is 1. The predicted molar refractivity (Wildman–Crippen MR) is 119 cm³/mol. The first-order chi connectivity index (χ1) is 13.3. The number of thiophene rings is 1. The van der Waals surface area contributed by atoms with Gasteiger partial charge in [-0.05, 0) is 41.5 Å². The molecule has 0 saturated carbocycles. The molecule has 2 heterocycles. The van der Waals surface area contributed by atoms with Gasteiger partial charge in [0.15, 0.2) is 0 Å². The van der Waals surface area contributed by atoms with E-state index in [-0.39, 0.29) is 0 Å². The van der Waals surface area contributed by atoms with Crippen molar-refractivity contribution >= 4 is 64.9 Å². The summed E-state index contributed by atoms with van der Waals surface area (Å²) in [6.07, 6.45) is 0. The summed E-state index contributed by atoms with van der Waals surface area (Å²) in [6, 6.07) is 28.0. The Bertz CT molecular complexity index is 1490. The fourth-order valence-electron chi connectivity index (χ4n) is 4.02. The second-order valence-electron chi connectivity index (χ2n) is 6.86. The van der Waals surface area contributed by atoms with Crippen LogP contribution in [-0.2, 0) is 0 Å². The molecule has 0 fully saturated rings. The second-order valence-corrected chi connectivity index (χ2v) is 8.34. The van der Waals surface area contributed by atoms with Crippen molar-refractivity contribution < 1.29 is 0 Å². The average molecular weight is 384 g/mol. The summed E-state index contributed by atoms with van der Waals surface area (Å²) in [4.78, 5) is 3.47. The highest BCUT2D eigenvalue weighted by molar-refractivity contribution is 7.26. The Morgan fingerprint density at radius 1 is 0.667 bits per heavy atom. The number of benzene rings is 4. The number of aromatic amines is 1. The van der Waals surface area contributed by atoms with E-state index >= 15 is 0 Å². The molecule has 6 rings (SSSR count). The van der Waals surface area contributed by atoms with Crippen LogP contribution in [0.25, 0.3) is 53.1 Å². The standard InChI is InChI=1S/C24H14ClNS/c25-15-9-10-17-20-12-14(8-11-21(20)26-22(17)13-15)16-5-3-6-19-18-4-1-2-7-23(18)27-24(16)19/h1-13,26H. The van der Waals surface area contributed by atoms with Crippen molar-refractivity contribution in [2.24, 2.45) is 0 Å². The number of nitrogens with one attached hydrogen (secondary N) is 1. The SMILES string of the molecule is Clc1ccc2c(c1)[nH]c1ccc(-c3cccc4c3sc3ccccc34)cc12. The van der Waals surface area contributed by atoms with E-state index in [1.165, 1.54) is 42.1 Å². The van der Waals surface area contributed by atoms with Gasteiger partial charge in [-0.2, -0.15) is 0 Å². The number of rotatable bonds is 1. The fourth-order valence-corrected chi connectivity index (χ4v) is 5.43. The third-order valence-corrected chi connectivity index (χ3v) is 6.73. The maximum absolute atomic E-state index is 6.16. The molecule has 1 N–H and O–H groups in total. The van der Waals surface area contributed by atoms with Crippen molar-refractivity contribution in [3.05, 3.63) is 83.9 Å². The molecule has 128 valence electrons. The monoisotopic (exact) mass is 383 g/mol. The molecule has 0 atom stereocenters. The highest BCUT2D eigenvalue weighted by Gasteiger charge is 2.12. The lowest BCUT2D eigenvalue weighted by molar-refractivity contribution is 1.55. The van der Waals surface area contributed by atoms with Crippen molar-refractivity contribution in [2.45, 2.75) is 0 Å². The van der Waals surface area contributed by atoms with Crippen LogP contribution >= 0.6 is 22.9 Å². The molecule has 0 radical (unpaired) electrons. The summed E-state index contributed by atoms with van der Waals surface area (Å²) in [5.41, 5.74) is 4.75. The Morgan fingerprint density at radius 3 is 2.52 bits per heavy atom. The van der Waals surface area contributed by atoms with Gasteiger partial charge in [0.25, 0.3) is 0 Å². The molecule has 0 aliphatic rings. The summed E-state index contributed by atoms with van der Waals surface area (Å²) in [5, 5.41) is 5.86. The molecule has 3 heteroatoms. The number of H-pyrrole nitrogens is 1. The van der Waals surface area contributed by atoms with Crippen LogP contribution < -0.4 is 0 Å². The minimum Gasteiger partial charge on any atom is -0.354 e. The Balaban J connectivity index is 1.66. The predicted octanol–water partition coefficient (Wildman–Crippen LogP) is 8.01. The molecule has 0 spiro atoms. The first-order valence-electron chi connectivity index (χ1n) is 8.89. The van der Waals surface area contributed by atoms with Gasteiger partial charge in [0.1, 0.15) is 0 Å². The van der Waals surface area contributed by atoms with E-state index in [9.17, 15) is 0 Å². The van der Waals surface area contributed by atoms with E-state index < -0.39 is 0 Å². The van der Waals surface area contributed by atoms with Crippen LogP contribution in [-0.4, -0.2) is 4.98 Å². The Morgan fingerprint density at radius 2 is 1.56 bits per heavy atom. The van der Waals surface area contributed by atoms with Crippen LogP contribution in [0.1, 0.15) is 0 Å². The maximum Gasteiger partial charge on any atom is 0.0479 e. The third kappa shape index (κ3) is 2.24. The van der Waals surface area contributed by atoms with Gasteiger partial charge in [-0.3, -0.25) is 0 Å². The first-order valence-corrected chi connectivity index (χ1v) is 10.1. The molecular formula is C24H14ClNS. The van der Waals surface area contributed by atoms with Gasteiger partial charge in [-0.1, -0.05) is 60.1 Å². The summed E-state index contributed by atoms with van der Waals surface area (Å²) < 4.78 is 2.68. The topological polar surface area (TPSA) is 15.8 Å². The molecule has 0 unspecified atom stereocenters. The zero-order valence-corrected chi connectivity index (χ0v) is 15.9. The van der Waals surface area contributed by atoms with E-state index in [0.29, 0.717) is 0 Å². The Kier molecular flexibility index (Phi) is 3.16. The maximum atomic E-state index is 6.16. The highest BCUT2D eigenvalue weighted by Crippen LogP contribution is 2.40. The zero-order valence-electron chi connectivity index (χ0n) is 14.3. The van der Waals surface area contributed by atoms with Gasteiger partial charge < -0.3 is 4.98 Å². The summed E-state index contributed by atoms with van der Waals surface area (Å²) in [5.74, 6) is 0. The average Bonchev–Trinajstić information content (AvgIpc) is 3.24. The first kappa shape index (κ1) is 15.3. The normalized spacial score (nSPS) is 11.9. The summed E-state index contributed by atoms with van der Waals surface area (Å²) >= 11 is 8.03. The van der Waals surface area contributed by atoms with Crippen LogP contribution in [0.3, 0.4) is 0 Å². The highest BCUT2D eigenvalue weighted by atomic mass is 35.5. The van der Waals surface area contributed by atoms with Gasteiger partial charge in [0.05, 0.1) is 0 Å². The lowest BCUT2D eigenvalue weighted by Gasteiger charge is -2.04. The number of fused-ring (bicyclic) bond motifs is 6. The van der Waals surface area contributed by atoms with Crippen molar-refractivity contribution in [1.29, 1.82) is 0 Å². The zero-order chi connectivity index (χ0) is 18.0. The van der Waals surface area contributed by atoms with Gasteiger partial charge in [-0.25, -0.2) is 0 Å². The molecule has 0 saturated heterocycles. The van der Waals surface area contributed by atoms with Crippen molar-refractivity contribution in [2.75, 3.05) is 0 Å². The summed E-state index contributed by atoms with van der Waals surface area (Å²) in [6.45, 7) is 0. The van der Waals surface area contributed by atoms with Gasteiger partial charge in [-0.15, -0.1) is 11.3 Å². The minimum absolute atomic E-state index is 0.754. The number of hydrogen-bond donors (Lipinski definition) is 1. The quantitative estimate of drug-likeness (QED) is 0.296. The van der Waals surface area contributed by atoms with E-state index in [4.69, 9.17) is 11.6 Å². The smallest absolute Gasteiger partial charge is 0.0479 e. The van der Waals surface area contributed by atoms with Gasteiger partial charge in [0, 0.05) is 47.0 Å². The molecule has 0 amide bonds. The molecule has 0 bridgehead atoms. The molecule has 2 aromatic heterocycles. The van der Waals surface area contributed by atoms with Crippen LogP contribution in [0.5, 0.6) is 0 Å². The van der Waals surface area contributed by atoms with Crippen molar-refractivity contribution in [3.8, 4) is 11.1 Å². The van der Waals surface area contributed by atoms with Crippen LogP contribution in [0.15, 0.2) is 78.9 Å². The second kappa shape index (κ2) is 5.59. The van der Waals surface area contributed by atoms with E-state index in [2.05, 4.69) is 71.7 Å². The molecular weight excluding hydrogens is 370 g/mol. The molecule has 0 aliphatic carbocycles. The van der Waals surface area contributed by atoms with Gasteiger partial charge in [0.2, 0.25) is 0 Å². The lowest BCUT2D eigenvalue weighted by atomic mass is 10.0. The largest absolute Gasteiger partial charge is 0.354 e. The van der Waals surface area contributed by atoms with E-state index in [1.54, 1.807) is 0 Å². The Hall–Kier alpha value is -2.81. The van der Waals surface area contributed by atoms with Crippen LogP contribution in [0.4, 0.5) is 0 Å². The molecule has 6 aromatic rings. The minimum atomic E-state index is 0.754. The Labute approximate surface area is 164 Å². The fraction of sp³-hybridized carbons (Fsp3) is 0. The van der Waals surface area contributed by atoms with Gasteiger partial charge >= 0.3 is 0 Å². The summed E-state index contributed by atoms with van der Waals surface area (Å²) in [7, 11) is 0. The number of hydrogen-bond acceptors (Lipinski definition) is 1. The third-order valence-electron chi connectivity index (χ3n) is 5.28. The number of halogens is 1. The molecule has 0 aliphatic heterocycles. The van der Waals surface area contributed by atoms with Crippen LogP contribution in [0.2, 0.25) is 5.02 Å². The lowest BCUT2D eigenvalue weighted by Crippen LogP contribution is -1.78. The van der Waals surface area contributed by atoms with E-state index in [0.717, 1.165) is 16.1 Å².